The number of rotatable bonds is 5. The van der Waals surface area contributed by atoms with Gasteiger partial charge in [0, 0.05) is 36.1 Å². The van der Waals surface area contributed by atoms with Crippen molar-refractivity contribution in [1.29, 1.82) is 0 Å². The van der Waals surface area contributed by atoms with Crippen molar-refractivity contribution >= 4 is 45.0 Å². The number of nitrogens with one attached hydrogen (secondary N) is 3. The van der Waals surface area contributed by atoms with Crippen LogP contribution in [-0.2, 0) is 4.79 Å². The Kier molecular flexibility index (Phi) is 5.53. The van der Waals surface area contributed by atoms with Crippen LogP contribution in [0, 0.1) is 5.41 Å². The zero-order valence-corrected chi connectivity index (χ0v) is 21.3. The Morgan fingerprint density at radius 2 is 1.92 bits per heavy atom. The highest BCUT2D eigenvalue weighted by Crippen LogP contribution is 2.33. The molecule has 0 aliphatic heterocycles. The number of hydrogen-bond acceptors (Lipinski definition) is 7. The maximum absolute atomic E-state index is 12.4. The third kappa shape index (κ3) is 4.58. The topological polar surface area (TPSA) is 125 Å². The molecule has 1 amide bonds. The van der Waals surface area contributed by atoms with Gasteiger partial charge in [-0.2, -0.15) is 5.10 Å². The van der Waals surface area contributed by atoms with Crippen molar-refractivity contribution in [2.75, 3.05) is 5.32 Å². The van der Waals surface area contributed by atoms with Crippen molar-refractivity contribution in [3.05, 3.63) is 60.5 Å². The minimum absolute atomic E-state index is 0.0431. The summed E-state index contributed by atoms with van der Waals surface area (Å²) in [5, 5.41) is 13.3. The summed E-state index contributed by atoms with van der Waals surface area (Å²) in [5.41, 5.74) is 6.07. The smallest absolute Gasteiger partial charge is 0.224 e. The van der Waals surface area contributed by atoms with E-state index in [0.717, 1.165) is 38.1 Å². The summed E-state index contributed by atoms with van der Waals surface area (Å²) in [6.45, 7) is 6.10. The SMILES string of the molecule is CC(C)(C)CC(=O)Nc1cncc(-c2cnc3[nH]nc(-c4nc5c(-c6cccs6)nccc5[nH]4)c3c2)c1. The van der Waals surface area contributed by atoms with Crippen molar-refractivity contribution < 1.29 is 4.79 Å². The van der Waals surface area contributed by atoms with Gasteiger partial charge in [-0.25, -0.2) is 9.97 Å². The molecule has 0 unspecified atom stereocenters. The van der Waals surface area contributed by atoms with Gasteiger partial charge < -0.3 is 10.3 Å². The average molecular weight is 509 g/mol. The lowest BCUT2D eigenvalue weighted by atomic mass is 9.92. The maximum atomic E-state index is 12.4. The third-order valence-electron chi connectivity index (χ3n) is 5.84. The van der Waals surface area contributed by atoms with E-state index in [-0.39, 0.29) is 11.3 Å². The summed E-state index contributed by atoms with van der Waals surface area (Å²) in [6.07, 6.45) is 7.36. The molecule has 9 nitrogen and oxygen atoms in total. The molecular weight excluding hydrogens is 484 g/mol. The lowest BCUT2D eigenvalue weighted by molar-refractivity contribution is -0.117. The molecule has 6 aromatic rings. The molecule has 0 atom stereocenters. The first kappa shape index (κ1) is 23.0. The molecule has 0 aliphatic carbocycles. The Morgan fingerprint density at radius 3 is 2.73 bits per heavy atom. The van der Waals surface area contributed by atoms with Crippen LogP contribution >= 0.6 is 11.3 Å². The summed E-state index contributed by atoms with van der Waals surface area (Å²) in [4.78, 5) is 35.2. The van der Waals surface area contributed by atoms with Crippen molar-refractivity contribution in [1.82, 2.24) is 35.1 Å². The molecule has 0 radical (unpaired) electrons. The Bertz CT molecular complexity index is 1740. The normalized spacial score (nSPS) is 11.9. The number of hydrogen-bond donors (Lipinski definition) is 3. The van der Waals surface area contributed by atoms with E-state index >= 15 is 0 Å². The second kappa shape index (κ2) is 8.90. The van der Waals surface area contributed by atoms with Gasteiger partial charge in [0.2, 0.25) is 5.91 Å². The molecule has 184 valence electrons. The second-order valence-electron chi connectivity index (χ2n) is 10.1. The van der Waals surface area contributed by atoms with Gasteiger partial charge in [0.15, 0.2) is 11.5 Å². The fourth-order valence-electron chi connectivity index (χ4n) is 4.24. The Morgan fingerprint density at radius 1 is 1.05 bits per heavy atom. The number of fused-ring (bicyclic) bond motifs is 2. The van der Waals surface area contributed by atoms with E-state index in [4.69, 9.17) is 4.98 Å². The van der Waals surface area contributed by atoms with Gasteiger partial charge in [0.05, 0.1) is 27.7 Å². The molecule has 3 N–H and O–H groups in total. The zero-order valence-electron chi connectivity index (χ0n) is 20.5. The molecule has 10 heteroatoms. The van der Waals surface area contributed by atoms with Crippen LogP contribution < -0.4 is 5.32 Å². The first-order valence-electron chi connectivity index (χ1n) is 11.8. The first-order chi connectivity index (χ1) is 17.8. The average Bonchev–Trinajstić information content (AvgIpc) is 3.61. The van der Waals surface area contributed by atoms with Crippen molar-refractivity contribution in [2.45, 2.75) is 27.2 Å². The van der Waals surface area contributed by atoms with Gasteiger partial charge in [-0.15, -0.1) is 11.3 Å². The van der Waals surface area contributed by atoms with E-state index in [2.05, 4.69) is 35.5 Å². The highest BCUT2D eigenvalue weighted by Gasteiger charge is 2.18. The summed E-state index contributed by atoms with van der Waals surface area (Å²) >= 11 is 1.63. The Balaban J connectivity index is 1.36. The maximum Gasteiger partial charge on any atom is 0.224 e. The van der Waals surface area contributed by atoms with Crippen LogP contribution in [0.4, 0.5) is 5.69 Å². The number of H-pyrrole nitrogens is 2. The number of pyridine rings is 3. The van der Waals surface area contributed by atoms with Gasteiger partial charge in [0.25, 0.3) is 0 Å². The van der Waals surface area contributed by atoms with Crippen LogP contribution in [0.3, 0.4) is 0 Å². The molecule has 0 saturated heterocycles. The van der Waals surface area contributed by atoms with Crippen LogP contribution in [0.5, 0.6) is 0 Å². The molecule has 0 fully saturated rings. The predicted molar refractivity (Wildman–Crippen MR) is 146 cm³/mol. The molecule has 6 heterocycles. The molecule has 0 aliphatic rings. The van der Waals surface area contributed by atoms with E-state index in [1.165, 1.54) is 0 Å². The van der Waals surface area contributed by atoms with Crippen molar-refractivity contribution in [3.8, 4) is 33.2 Å². The van der Waals surface area contributed by atoms with Gasteiger partial charge >= 0.3 is 0 Å². The number of carbonyl (C=O) groups excluding carboxylic acids is 1. The minimum Gasteiger partial charge on any atom is -0.336 e. The number of carbonyl (C=O) groups is 1. The lowest BCUT2D eigenvalue weighted by Crippen LogP contribution is -2.19. The Labute approximate surface area is 216 Å². The van der Waals surface area contributed by atoms with Crippen LogP contribution in [0.2, 0.25) is 0 Å². The molecule has 0 bridgehead atoms. The van der Waals surface area contributed by atoms with Crippen LogP contribution in [0.25, 0.3) is 55.3 Å². The summed E-state index contributed by atoms with van der Waals surface area (Å²) < 4.78 is 0. The molecular formula is C27H24N8OS. The first-order valence-corrected chi connectivity index (χ1v) is 12.7. The quantitative estimate of drug-likeness (QED) is 0.260. The highest BCUT2D eigenvalue weighted by molar-refractivity contribution is 7.13. The highest BCUT2D eigenvalue weighted by atomic mass is 32.1. The largest absolute Gasteiger partial charge is 0.336 e. The Hall–Kier alpha value is -4.44. The van der Waals surface area contributed by atoms with E-state index < -0.39 is 0 Å². The van der Waals surface area contributed by atoms with Crippen LogP contribution in [-0.4, -0.2) is 41.0 Å². The number of nitrogens with zero attached hydrogens (tertiary/aromatic N) is 5. The van der Waals surface area contributed by atoms with E-state index in [0.29, 0.717) is 29.3 Å². The summed E-state index contributed by atoms with van der Waals surface area (Å²) in [7, 11) is 0. The summed E-state index contributed by atoms with van der Waals surface area (Å²) in [5.74, 6) is 0.589. The van der Waals surface area contributed by atoms with Crippen molar-refractivity contribution in [2.24, 2.45) is 5.41 Å². The van der Waals surface area contributed by atoms with E-state index in [9.17, 15) is 4.79 Å². The fourth-order valence-corrected chi connectivity index (χ4v) is 4.96. The third-order valence-corrected chi connectivity index (χ3v) is 6.72. The van der Waals surface area contributed by atoms with E-state index in [1.54, 1.807) is 36.1 Å². The standard InChI is InChI=1S/C27H24N8OS/c1-27(2,3)11-21(36)31-17-9-15(12-28-14-17)16-10-18-22(34-35-25(18)30-13-16)26-32-19-6-7-29-24(23(19)33-26)20-5-4-8-37-20/h4-10,12-14H,11H2,1-3H3,(H,31,36)(H,32,33)(H,30,34,35). The molecule has 6 rings (SSSR count). The fraction of sp³-hybridized carbons (Fsp3) is 0.185. The second-order valence-corrected chi connectivity index (χ2v) is 11.0. The number of imidazole rings is 1. The molecule has 0 saturated carbocycles. The van der Waals surface area contributed by atoms with Gasteiger partial charge in [-0.3, -0.25) is 19.9 Å². The molecule has 0 spiro atoms. The number of amides is 1. The number of aromatic nitrogens is 7. The van der Waals surface area contributed by atoms with Gasteiger partial charge in [-0.05, 0) is 35.1 Å². The van der Waals surface area contributed by atoms with Gasteiger partial charge in [0.1, 0.15) is 16.9 Å². The number of anilines is 1. The molecule has 37 heavy (non-hydrogen) atoms. The zero-order chi connectivity index (χ0) is 25.6. The monoisotopic (exact) mass is 508 g/mol. The van der Waals surface area contributed by atoms with Crippen LogP contribution in [0.15, 0.2) is 60.5 Å². The van der Waals surface area contributed by atoms with E-state index in [1.807, 2.05) is 56.5 Å². The van der Waals surface area contributed by atoms with Crippen LogP contribution in [0.1, 0.15) is 27.2 Å². The summed E-state index contributed by atoms with van der Waals surface area (Å²) in [6, 6.07) is 9.85. The van der Waals surface area contributed by atoms with Crippen molar-refractivity contribution in [3.63, 3.8) is 0 Å². The molecule has 6 aromatic heterocycles. The van der Waals surface area contributed by atoms with Gasteiger partial charge in [-0.1, -0.05) is 26.8 Å². The number of thiophene rings is 1. The number of aromatic amines is 2. The predicted octanol–water partition coefficient (Wildman–Crippen LogP) is 6.06. The lowest BCUT2D eigenvalue weighted by Gasteiger charge is -2.17. The molecule has 0 aromatic carbocycles. The minimum atomic E-state index is -0.0982.